The van der Waals surface area contributed by atoms with Crippen LogP contribution < -0.4 is 20.1 Å². The van der Waals surface area contributed by atoms with Crippen LogP contribution in [0.4, 0.5) is 0 Å². The van der Waals surface area contributed by atoms with Crippen molar-refractivity contribution >= 4 is 5.96 Å². The maximum absolute atomic E-state index is 5.67. The van der Waals surface area contributed by atoms with Crippen LogP contribution in [0.1, 0.15) is 38.7 Å². The molecule has 1 fully saturated rings. The Morgan fingerprint density at radius 1 is 1.28 bits per heavy atom. The number of piperidine rings is 1. The number of guanidine groups is 1. The first kappa shape index (κ1) is 23.1. The van der Waals surface area contributed by atoms with E-state index in [2.05, 4.69) is 41.2 Å². The number of nitrogens with one attached hydrogen (secondary N) is 2. The van der Waals surface area contributed by atoms with E-state index < -0.39 is 0 Å². The summed E-state index contributed by atoms with van der Waals surface area (Å²) in [6.45, 7) is 13.4. The standard InChI is InChI=1S/C23H38N4O2/c1-5-15-27-16-12-20(13-17-27)26-23(24-6-2)25-14-8-9-19-10-11-21(28-4)22(18-19)29-7-3/h5,10-11,18,20H,1,6-9,12-17H2,2-4H3,(H2,24,25,26). The molecule has 6 nitrogen and oxygen atoms in total. The number of rotatable bonds is 11. The van der Waals surface area contributed by atoms with Gasteiger partial charge in [-0.3, -0.25) is 9.89 Å². The van der Waals surface area contributed by atoms with Crippen molar-refractivity contribution in [2.75, 3.05) is 46.4 Å². The van der Waals surface area contributed by atoms with Crippen molar-refractivity contribution in [1.82, 2.24) is 15.5 Å². The number of aliphatic imine (C=N–C) groups is 1. The van der Waals surface area contributed by atoms with Gasteiger partial charge >= 0.3 is 0 Å². The summed E-state index contributed by atoms with van der Waals surface area (Å²) < 4.78 is 11.0. The summed E-state index contributed by atoms with van der Waals surface area (Å²) in [7, 11) is 1.67. The molecule has 162 valence electrons. The van der Waals surface area contributed by atoms with Gasteiger partial charge in [-0.15, -0.1) is 6.58 Å². The Labute approximate surface area is 176 Å². The normalized spacial score (nSPS) is 15.8. The summed E-state index contributed by atoms with van der Waals surface area (Å²) in [5, 5.41) is 6.99. The topological polar surface area (TPSA) is 58.1 Å². The highest BCUT2D eigenvalue weighted by atomic mass is 16.5. The first-order chi connectivity index (χ1) is 14.2. The maximum Gasteiger partial charge on any atom is 0.191 e. The predicted molar refractivity (Wildman–Crippen MR) is 121 cm³/mol. The maximum atomic E-state index is 5.67. The molecule has 1 aromatic carbocycles. The van der Waals surface area contributed by atoms with Crippen molar-refractivity contribution in [1.29, 1.82) is 0 Å². The van der Waals surface area contributed by atoms with Gasteiger partial charge in [0.15, 0.2) is 17.5 Å². The molecule has 0 aromatic heterocycles. The van der Waals surface area contributed by atoms with Crippen LogP contribution in [0, 0.1) is 0 Å². The second-order valence-electron chi connectivity index (χ2n) is 7.29. The number of ether oxygens (including phenoxy) is 2. The molecule has 2 rings (SSSR count). The Hall–Kier alpha value is -2.21. The Bertz CT molecular complexity index is 640. The minimum Gasteiger partial charge on any atom is -0.493 e. The number of hydrogen-bond donors (Lipinski definition) is 2. The molecule has 0 atom stereocenters. The third kappa shape index (κ3) is 7.97. The molecule has 0 spiro atoms. The zero-order chi connectivity index (χ0) is 20.9. The molecule has 1 aliphatic rings. The zero-order valence-electron chi connectivity index (χ0n) is 18.4. The van der Waals surface area contributed by atoms with Gasteiger partial charge in [0.05, 0.1) is 13.7 Å². The average Bonchev–Trinajstić information content (AvgIpc) is 2.73. The quantitative estimate of drug-likeness (QED) is 0.258. The minimum atomic E-state index is 0.490. The van der Waals surface area contributed by atoms with Gasteiger partial charge in [-0.05, 0) is 57.2 Å². The number of hydrogen-bond acceptors (Lipinski definition) is 4. The summed E-state index contributed by atoms with van der Waals surface area (Å²) in [6.07, 6.45) is 6.23. The third-order valence-electron chi connectivity index (χ3n) is 5.08. The Morgan fingerprint density at radius 3 is 2.72 bits per heavy atom. The predicted octanol–water partition coefficient (Wildman–Crippen LogP) is 3.23. The minimum absolute atomic E-state index is 0.490. The van der Waals surface area contributed by atoms with Crippen LogP contribution in [0.15, 0.2) is 35.8 Å². The second kappa shape index (κ2) is 13.1. The Balaban J connectivity index is 1.81. The van der Waals surface area contributed by atoms with Crippen LogP contribution in [-0.2, 0) is 6.42 Å². The molecule has 0 aliphatic carbocycles. The van der Waals surface area contributed by atoms with Gasteiger partial charge < -0.3 is 20.1 Å². The van der Waals surface area contributed by atoms with Crippen LogP contribution in [0.3, 0.4) is 0 Å². The fourth-order valence-corrected chi connectivity index (χ4v) is 3.57. The second-order valence-corrected chi connectivity index (χ2v) is 7.29. The molecule has 0 radical (unpaired) electrons. The largest absolute Gasteiger partial charge is 0.493 e. The highest BCUT2D eigenvalue weighted by Crippen LogP contribution is 2.28. The molecule has 1 aromatic rings. The van der Waals surface area contributed by atoms with Gasteiger partial charge in [-0.2, -0.15) is 0 Å². The molecule has 6 heteroatoms. The van der Waals surface area contributed by atoms with Crippen LogP contribution in [-0.4, -0.2) is 63.3 Å². The molecule has 1 aliphatic heterocycles. The third-order valence-corrected chi connectivity index (χ3v) is 5.08. The lowest BCUT2D eigenvalue weighted by molar-refractivity contribution is 0.225. The molecule has 0 bridgehead atoms. The van der Waals surface area contributed by atoms with Crippen molar-refractivity contribution in [2.45, 2.75) is 45.6 Å². The SMILES string of the molecule is C=CCN1CCC(NC(=NCCCc2ccc(OC)c(OCC)c2)NCC)CC1. The number of aryl methyl sites for hydroxylation is 1. The summed E-state index contributed by atoms with van der Waals surface area (Å²) >= 11 is 0. The first-order valence-corrected chi connectivity index (χ1v) is 10.9. The molecule has 0 unspecified atom stereocenters. The Kier molecular flexibility index (Phi) is 10.4. The van der Waals surface area contributed by atoms with Crippen molar-refractivity contribution in [3.05, 3.63) is 36.4 Å². The Morgan fingerprint density at radius 2 is 2.07 bits per heavy atom. The zero-order valence-corrected chi connectivity index (χ0v) is 18.4. The fraction of sp³-hybridized carbons (Fsp3) is 0.609. The molecule has 0 amide bonds. The van der Waals surface area contributed by atoms with E-state index in [9.17, 15) is 0 Å². The lowest BCUT2D eigenvalue weighted by atomic mass is 10.1. The molecule has 1 saturated heterocycles. The molecule has 2 N–H and O–H groups in total. The van der Waals surface area contributed by atoms with Gasteiger partial charge in [0.25, 0.3) is 0 Å². The van der Waals surface area contributed by atoms with E-state index in [-0.39, 0.29) is 0 Å². The lowest BCUT2D eigenvalue weighted by Gasteiger charge is -2.32. The van der Waals surface area contributed by atoms with E-state index in [0.29, 0.717) is 12.6 Å². The van der Waals surface area contributed by atoms with E-state index in [0.717, 1.165) is 75.9 Å². The van der Waals surface area contributed by atoms with Gasteiger partial charge in [0.2, 0.25) is 0 Å². The molecule has 29 heavy (non-hydrogen) atoms. The number of benzene rings is 1. The fourth-order valence-electron chi connectivity index (χ4n) is 3.57. The number of likely N-dealkylation sites (tertiary alicyclic amines) is 1. The van der Waals surface area contributed by atoms with Crippen molar-refractivity contribution in [3.8, 4) is 11.5 Å². The van der Waals surface area contributed by atoms with Crippen molar-refractivity contribution < 1.29 is 9.47 Å². The van der Waals surface area contributed by atoms with Crippen molar-refractivity contribution in [2.24, 2.45) is 4.99 Å². The monoisotopic (exact) mass is 402 g/mol. The molecular weight excluding hydrogens is 364 g/mol. The van der Waals surface area contributed by atoms with E-state index in [1.54, 1.807) is 7.11 Å². The molecular formula is C23H38N4O2. The lowest BCUT2D eigenvalue weighted by Crippen LogP contribution is -2.48. The van der Waals surface area contributed by atoms with Gasteiger partial charge in [0, 0.05) is 38.8 Å². The highest BCUT2D eigenvalue weighted by Gasteiger charge is 2.18. The van der Waals surface area contributed by atoms with Crippen LogP contribution >= 0.6 is 0 Å². The van der Waals surface area contributed by atoms with E-state index in [1.807, 2.05) is 19.1 Å². The number of nitrogens with zero attached hydrogens (tertiary/aromatic N) is 2. The summed E-state index contributed by atoms with van der Waals surface area (Å²) in [5.74, 6) is 2.53. The highest BCUT2D eigenvalue weighted by molar-refractivity contribution is 5.80. The van der Waals surface area contributed by atoms with Gasteiger partial charge in [0.1, 0.15) is 0 Å². The summed E-state index contributed by atoms with van der Waals surface area (Å²) in [5.41, 5.74) is 1.25. The van der Waals surface area contributed by atoms with Crippen LogP contribution in [0.5, 0.6) is 11.5 Å². The molecule has 0 saturated carbocycles. The van der Waals surface area contributed by atoms with Crippen molar-refractivity contribution in [3.63, 3.8) is 0 Å². The van der Waals surface area contributed by atoms with E-state index in [4.69, 9.17) is 14.5 Å². The average molecular weight is 403 g/mol. The van der Waals surface area contributed by atoms with Crippen LogP contribution in [0.25, 0.3) is 0 Å². The van der Waals surface area contributed by atoms with E-state index in [1.165, 1.54) is 5.56 Å². The first-order valence-electron chi connectivity index (χ1n) is 10.9. The van der Waals surface area contributed by atoms with E-state index >= 15 is 0 Å². The van der Waals surface area contributed by atoms with Gasteiger partial charge in [-0.1, -0.05) is 12.1 Å². The molecule has 1 heterocycles. The van der Waals surface area contributed by atoms with Gasteiger partial charge in [-0.25, -0.2) is 0 Å². The summed E-state index contributed by atoms with van der Waals surface area (Å²) in [6, 6.07) is 6.65. The smallest absolute Gasteiger partial charge is 0.191 e. The number of methoxy groups -OCH3 is 1. The summed E-state index contributed by atoms with van der Waals surface area (Å²) in [4.78, 5) is 7.22. The van der Waals surface area contributed by atoms with Crippen LogP contribution in [0.2, 0.25) is 0 Å².